The predicted molar refractivity (Wildman–Crippen MR) is 206 cm³/mol. The maximum Gasteiger partial charge on any atom is 0.416 e. The summed E-state index contributed by atoms with van der Waals surface area (Å²) in [6.45, 7) is 7.67. The number of benzene rings is 2. The lowest BCUT2D eigenvalue weighted by Crippen LogP contribution is -2.44. The number of piperazine rings is 1. The summed E-state index contributed by atoms with van der Waals surface area (Å²) in [7, 11) is 5.21. The van der Waals surface area contributed by atoms with Crippen molar-refractivity contribution in [2.75, 3.05) is 63.4 Å². The van der Waals surface area contributed by atoms with E-state index in [1.54, 1.807) is 32.7 Å². The number of rotatable bonds is 11. The molecule has 1 aliphatic heterocycles. The van der Waals surface area contributed by atoms with Crippen LogP contribution in [0.1, 0.15) is 36.6 Å². The Morgan fingerprint density at radius 2 is 1.69 bits per heavy atom. The van der Waals surface area contributed by atoms with E-state index >= 15 is 0 Å². The molecule has 6 aromatic rings. The number of hydrogen-bond donors (Lipinski definition) is 3. The number of imidazole rings is 1. The number of carbonyl (C=O) groups is 1. The monoisotopic (exact) mass is 756 g/mol. The van der Waals surface area contributed by atoms with Gasteiger partial charge in [0.1, 0.15) is 29.3 Å². The number of aromatic nitrogens is 5. The molecule has 0 saturated carbocycles. The molecule has 0 atom stereocenters. The summed E-state index contributed by atoms with van der Waals surface area (Å²) in [4.78, 5) is 31.2. The van der Waals surface area contributed by atoms with E-state index in [0.717, 1.165) is 47.0 Å². The van der Waals surface area contributed by atoms with E-state index in [1.807, 2.05) is 46.8 Å². The molecule has 0 bridgehead atoms. The zero-order valence-corrected chi connectivity index (χ0v) is 31.2. The standard InChI is InChI=1S/C39H43F3N10O3/c1-24(2)52-22-29(34-35(45-23-46-37(34)52)44-20-25-7-9-28(54-4)19-33(25)55-5)32-11-10-31(36-43-12-13-51(32)36)48-38(53)47-27-8-6-26(30(18-27)39(40,41)42)21-50-16-14-49(3)15-17-50/h6-13,18-19,22-24H,14-17,20-21H2,1-5H3,(H,44,45,46)(H2,47,48,53). The van der Waals surface area contributed by atoms with Gasteiger partial charge in [-0.3, -0.25) is 9.30 Å². The second-order valence-electron chi connectivity index (χ2n) is 13.8. The highest BCUT2D eigenvalue weighted by Gasteiger charge is 2.34. The number of halogens is 3. The normalized spacial score (nSPS) is 14.1. The highest BCUT2D eigenvalue weighted by molar-refractivity contribution is 6.04. The molecule has 1 fully saturated rings. The number of nitrogens with zero attached hydrogens (tertiary/aromatic N) is 7. The zero-order valence-electron chi connectivity index (χ0n) is 31.2. The first-order chi connectivity index (χ1) is 26.4. The Hall–Kier alpha value is -5.87. The van der Waals surface area contributed by atoms with Crippen molar-refractivity contribution >= 4 is 39.9 Å². The molecular formula is C39H43F3N10O3. The van der Waals surface area contributed by atoms with Crippen LogP contribution in [0, 0.1) is 0 Å². The Morgan fingerprint density at radius 3 is 2.42 bits per heavy atom. The summed E-state index contributed by atoms with van der Waals surface area (Å²) in [5.41, 5.74) is 3.43. The van der Waals surface area contributed by atoms with Crippen LogP contribution >= 0.6 is 0 Å². The topological polar surface area (TPSA) is 126 Å². The Labute approximate surface area is 316 Å². The molecule has 5 heterocycles. The van der Waals surface area contributed by atoms with Crippen molar-refractivity contribution in [3.05, 3.63) is 90.1 Å². The smallest absolute Gasteiger partial charge is 0.416 e. The lowest BCUT2D eigenvalue weighted by molar-refractivity contribution is -0.138. The summed E-state index contributed by atoms with van der Waals surface area (Å²) in [6, 6.07) is 12.5. The van der Waals surface area contributed by atoms with Crippen LogP contribution in [0.15, 0.2) is 73.4 Å². The third kappa shape index (κ3) is 7.86. The van der Waals surface area contributed by atoms with Crippen molar-refractivity contribution in [2.45, 2.75) is 39.2 Å². The lowest BCUT2D eigenvalue weighted by Gasteiger charge is -2.33. The van der Waals surface area contributed by atoms with Crippen molar-refractivity contribution < 1.29 is 27.4 Å². The van der Waals surface area contributed by atoms with Crippen molar-refractivity contribution in [2.24, 2.45) is 0 Å². The van der Waals surface area contributed by atoms with Gasteiger partial charge in [0.15, 0.2) is 5.65 Å². The summed E-state index contributed by atoms with van der Waals surface area (Å²) in [5, 5.41) is 9.62. The van der Waals surface area contributed by atoms with E-state index in [9.17, 15) is 18.0 Å². The second-order valence-corrected chi connectivity index (χ2v) is 13.8. The van der Waals surface area contributed by atoms with Gasteiger partial charge in [0.05, 0.1) is 36.6 Å². The van der Waals surface area contributed by atoms with Crippen LogP contribution in [0.25, 0.3) is 27.9 Å². The second kappa shape index (κ2) is 15.5. The fraction of sp³-hybridized carbons (Fsp3) is 0.333. The van der Waals surface area contributed by atoms with Crippen LogP contribution in [0.3, 0.4) is 0 Å². The number of pyridine rings is 1. The lowest BCUT2D eigenvalue weighted by atomic mass is 10.0. The fourth-order valence-electron chi connectivity index (χ4n) is 6.90. The minimum Gasteiger partial charge on any atom is -0.497 e. The van der Waals surface area contributed by atoms with Crippen molar-refractivity contribution in [3.8, 4) is 22.8 Å². The minimum absolute atomic E-state index is 0.0247. The number of anilines is 3. The molecule has 55 heavy (non-hydrogen) atoms. The van der Waals surface area contributed by atoms with Gasteiger partial charge in [-0.05, 0) is 62.9 Å². The summed E-state index contributed by atoms with van der Waals surface area (Å²) < 4.78 is 57.5. The highest BCUT2D eigenvalue weighted by atomic mass is 19.4. The maximum atomic E-state index is 14.2. The molecule has 16 heteroatoms. The SMILES string of the molecule is COc1ccc(CNc2ncnc3c2c(-c2ccc(NC(=O)Nc4ccc(CN5CCN(C)CC5)c(C(F)(F)F)c4)c4nccn24)cn3C(C)C)c(OC)c1. The quantitative estimate of drug-likeness (QED) is 0.124. The molecular weight excluding hydrogens is 713 g/mol. The number of alkyl halides is 3. The Bertz CT molecular complexity index is 2330. The van der Waals surface area contributed by atoms with Gasteiger partial charge in [0.2, 0.25) is 0 Å². The average Bonchev–Trinajstić information content (AvgIpc) is 3.82. The van der Waals surface area contributed by atoms with Crippen LogP contribution in [0.4, 0.5) is 35.2 Å². The van der Waals surface area contributed by atoms with Crippen molar-refractivity contribution in [1.82, 2.24) is 33.7 Å². The van der Waals surface area contributed by atoms with E-state index in [1.165, 1.54) is 18.5 Å². The van der Waals surface area contributed by atoms with Gasteiger partial charge >= 0.3 is 12.2 Å². The van der Waals surface area contributed by atoms with Crippen LogP contribution < -0.4 is 25.4 Å². The number of hydrogen-bond acceptors (Lipinski definition) is 9. The molecule has 0 radical (unpaired) electrons. The van der Waals surface area contributed by atoms with Gasteiger partial charge in [-0.15, -0.1) is 0 Å². The molecule has 7 rings (SSSR count). The number of ether oxygens (including phenoxy) is 2. The third-order valence-corrected chi connectivity index (χ3v) is 9.84. The van der Waals surface area contributed by atoms with E-state index in [-0.39, 0.29) is 23.8 Å². The Morgan fingerprint density at radius 1 is 0.909 bits per heavy atom. The number of fused-ring (bicyclic) bond motifs is 2. The molecule has 0 aliphatic carbocycles. The first kappa shape index (κ1) is 37.4. The number of amides is 2. The third-order valence-electron chi connectivity index (χ3n) is 9.84. The van der Waals surface area contributed by atoms with E-state index in [2.05, 4.69) is 54.2 Å². The van der Waals surface area contributed by atoms with E-state index < -0.39 is 17.8 Å². The predicted octanol–water partition coefficient (Wildman–Crippen LogP) is 7.37. The van der Waals surface area contributed by atoms with Crippen LogP contribution in [0.5, 0.6) is 11.5 Å². The number of methoxy groups -OCH3 is 2. The number of carbonyl (C=O) groups excluding carboxylic acids is 1. The highest BCUT2D eigenvalue weighted by Crippen LogP contribution is 2.38. The van der Waals surface area contributed by atoms with E-state index in [0.29, 0.717) is 48.3 Å². The molecule has 13 nitrogen and oxygen atoms in total. The van der Waals surface area contributed by atoms with Gasteiger partial charge < -0.3 is 34.9 Å². The van der Waals surface area contributed by atoms with Crippen LogP contribution in [-0.4, -0.2) is 87.2 Å². The minimum atomic E-state index is -4.59. The summed E-state index contributed by atoms with van der Waals surface area (Å²) in [6.07, 6.45) is 2.35. The van der Waals surface area contributed by atoms with Gasteiger partial charge in [-0.25, -0.2) is 19.7 Å². The van der Waals surface area contributed by atoms with Crippen LogP contribution in [0.2, 0.25) is 0 Å². The fourth-order valence-corrected chi connectivity index (χ4v) is 6.90. The van der Waals surface area contributed by atoms with Gasteiger partial charge in [0.25, 0.3) is 0 Å². The molecule has 1 saturated heterocycles. The maximum absolute atomic E-state index is 14.2. The summed E-state index contributed by atoms with van der Waals surface area (Å²) in [5.74, 6) is 1.96. The molecule has 3 N–H and O–H groups in total. The number of nitrogens with one attached hydrogen (secondary N) is 3. The first-order valence-electron chi connectivity index (χ1n) is 17.9. The zero-order chi connectivity index (χ0) is 38.9. The number of likely N-dealkylation sites (N-methyl/N-ethyl adjacent to an activating group) is 1. The van der Waals surface area contributed by atoms with Crippen molar-refractivity contribution in [3.63, 3.8) is 0 Å². The number of urea groups is 1. The van der Waals surface area contributed by atoms with E-state index in [4.69, 9.17) is 9.47 Å². The first-order valence-corrected chi connectivity index (χ1v) is 17.9. The van der Waals surface area contributed by atoms with Gasteiger partial charge in [-0.1, -0.05) is 6.07 Å². The Kier molecular flexibility index (Phi) is 10.5. The molecule has 2 aromatic carbocycles. The average molecular weight is 757 g/mol. The molecule has 2 amide bonds. The molecule has 1 aliphatic rings. The Balaban J connectivity index is 1.16. The van der Waals surface area contributed by atoms with Crippen LogP contribution in [-0.2, 0) is 19.3 Å². The van der Waals surface area contributed by atoms with Crippen molar-refractivity contribution in [1.29, 1.82) is 0 Å². The largest absolute Gasteiger partial charge is 0.497 e. The molecule has 288 valence electrons. The molecule has 4 aromatic heterocycles. The summed E-state index contributed by atoms with van der Waals surface area (Å²) >= 11 is 0. The molecule has 0 spiro atoms. The molecule has 0 unspecified atom stereocenters. The van der Waals surface area contributed by atoms with Gasteiger partial charge in [-0.2, -0.15) is 13.2 Å². The van der Waals surface area contributed by atoms with Gasteiger partial charge in [0, 0.05) is 86.8 Å².